The van der Waals surface area contributed by atoms with Gasteiger partial charge in [-0.15, -0.1) is 0 Å². The molecule has 0 amide bonds. The highest BCUT2D eigenvalue weighted by atomic mass is 19.2. The normalized spacial score (nSPS) is 18.2. The quantitative estimate of drug-likeness (QED) is 0.509. The molecule has 2 nitrogen and oxygen atoms in total. The lowest BCUT2D eigenvalue weighted by Crippen LogP contribution is -2.38. The fourth-order valence-corrected chi connectivity index (χ4v) is 3.60. The van der Waals surface area contributed by atoms with E-state index in [1.165, 1.54) is 0 Å². The van der Waals surface area contributed by atoms with Crippen LogP contribution >= 0.6 is 0 Å². The number of halogens is 4. The summed E-state index contributed by atoms with van der Waals surface area (Å²) < 4.78 is 55.1. The average molecular weight is 328 g/mol. The highest BCUT2D eigenvalue weighted by Crippen LogP contribution is 2.35. The number of hydrogen-bond donors (Lipinski definition) is 1. The minimum absolute atomic E-state index is 0.140. The molecule has 0 saturated heterocycles. The molecule has 1 aliphatic carbocycles. The van der Waals surface area contributed by atoms with Gasteiger partial charge in [0.1, 0.15) is 0 Å². The van der Waals surface area contributed by atoms with Gasteiger partial charge in [0.25, 0.3) is 0 Å². The predicted octanol–water partition coefficient (Wildman–Crippen LogP) is 4.17. The van der Waals surface area contributed by atoms with E-state index in [2.05, 4.69) is 23.7 Å². The van der Waals surface area contributed by atoms with E-state index in [0.717, 1.165) is 13.0 Å². The summed E-state index contributed by atoms with van der Waals surface area (Å²) in [5.41, 5.74) is 0.984. The molecule has 0 radical (unpaired) electrons. The van der Waals surface area contributed by atoms with Crippen LogP contribution in [0, 0.1) is 29.2 Å². The number of aryl methyl sites for hydroxylation is 1. The molecule has 0 spiro atoms. The number of benzene rings is 1. The summed E-state index contributed by atoms with van der Waals surface area (Å²) in [4.78, 5) is 4.95. The van der Waals surface area contributed by atoms with E-state index in [9.17, 15) is 17.6 Å². The number of likely N-dealkylation sites (N-methyl/N-ethyl adjacent to an activating group) is 1. The fraction of sp³-hybridized carbons (Fsp3) is 0.529. The Bertz CT molecular complexity index is 751. The average Bonchev–Trinajstić information content (AvgIpc) is 2.88. The molecule has 1 N–H and O–H groups in total. The van der Waals surface area contributed by atoms with Crippen molar-refractivity contribution in [2.24, 2.45) is 5.92 Å². The van der Waals surface area contributed by atoms with Crippen LogP contribution in [0.5, 0.6) is 0 Å². The van der Waals surface area contributed by atoms with Crippen LogP contribution in [-0.2, 0) is 12.8 Å². The summed E-state index contributed by atoms with van der Waals surface area (Å²) in [5.74, 6) is -5.66. The van der Waals surface area contributed by atoms with Gasteiger partial charge in [-0.25, -0.2) is 17.6 Å². The molecular formula is C17H20F4N2. The van der Waals surface area contributed by atoms with Crippen LogP contribution < -0.4 is 0 Å². The second-order valence-corrected chi connectivity index (χ2v) is 6.82. The van der Waals surface area contributed by atoms with Gasteiger partial charge >= 0.3 is 0 Å². The zero-order chi connectivity index (χ0) is 16.9. The number of aromatic nitrogens is 1. The molecule has 23 heavy (non-hydrogen) atoms. The van der Waals surface area contributed by atoms with Gasteiger partial charge in [0.05, 0.1) is 5.52 Å². The molecule has 3 rings (SSSR count). The van der Waals surface area contributed by atoms with Crippen molar-refractivity contribution in [1.82, 2.24) is 9.88 Å². The zero-order valence-corrected chi connectivity index (χ0v) is 13.4. The smallest absolute Gasteiger partial charge is 0.199 e. The van der Waals surface area contributed by atoms with E-state index in [1.807, 2.05) is 7.05 Å². The van der Waals surface area contributed by atoms with Crippen LogP contribution in [-0.4, -0.2) is 29.5 Å². The van der Waals surface area contributed by atoms with E-state index in [1.54, 1.807) is 0 Å². The standard InChI is InChI=1S/C17H20F4N2/c1-8(2)7-23(3)9-4-5-11-10(6-9)12-13(18)14(19)15(20)16(21)17(12)22-11/h8-9,22H,4-7H2,1-3H3. The molecule has 1 aliphatic rings. The van der Waals surface area contributed by atoms with Crippen LogP contribution in [0.3, 0.4) is 0 Å². The second-order valence-electron chi connectivity index (χ2n) is 6.82. The van der Waals surface area contributed by atoms with E-state index >= 15 is 0 Å². The number of fused-ring (bicyclic) bond motifs is 3. The lowest BCUT2D eigenvalue weighted by molar-refractivity contribution is 0.200. The first-order valence-electron chi connectivity index (χ1n) is 7.86. The Morgan fingerprint density at radius 2 is 1.74 bits per heavy atom. The monoisotopic (exact) mass is 328 g/mol. The lowest BCUT2D eigenvalue weighted by Gasteiger charge is -2.32. The van der Waals surface area contributed by atoms with Crippen LogP contribution in [0.4, 0.5) is 17.6 Å². The largest absolute Gasteiger partial charge is 0.356 e. The maximum Gasteiger partial charge on any atom is 0.199 e. The van der Waals surface area contributed by atoms with E-state index in [0.29, 0.717) is 30.0 Å². The molecule has 1 aromatic carbocycles. The Hall–Kier alpha value is -1.56. The summed E-state index contributed by atoms with van der Waals surface area (Å²) in [6.07, 6.45) is 1.95. The fourth-order valence-electron chi connectivity index (χ4n) is 3.60. The van der Waals surface area contributed by atoms with Crippen molar-refractivity contribution in [3.63, 3.8) is 0 Å². The number of aromatic amines is 1. The zero-order valence-electron chi connectivity index (χ0n) is 13.4. The van der Waals surface area contributed by atoms with Crippen LogP contribution in [0.1, 0.15) is 31.5 Å². The predicted molar refractivity (Wildman–Crippen MR) is 81.4 cm³/mol. The maximum absolute atomic E-state index is 14.2. The molecule has 1 atom stereocenters. The van der Waals surface area contributed by atoms with Crippen molar-refractivity contribution in [3.05, 3.63) is 34.5 Å². The van der Waals surface area contributed by atoms with E-state index in [4.69, 9.17) is 0 Å². The van der Waals surface area contributed by atoms with E-state index < -0.39 is 23.3 Å². The number of H-pyrrole nitrogens is 1. The summed E-state index contributed by atoms with van der Waals surface area (Å²) in [6.45, 7) is 5.12. The lowest BCUT2D eigenvalue weighted by atomic mass is 9.90. The Labute approximate surface area is 132 Å². The molecule has 0 saturated carbocycles. The topological polar surface area (TPSA) is 19.0 Å². The molecule has 1 unspecified atom stereocenters. The van der Waals surface area contributed by atoms with Gasteiger partial charge in [-0.2, -0.15) is 0 Å². The minimum Gasteiger partial charge on any atom is -0.356 e. The first-order chi connectivity index (χ1) is 10.8. The van der Waals surface area contributed by atoms with Crippen molar-refractivity contribution in [3.8, 4) is 0 Å². The molecule has 6 heteroatoms. The third kappa shape index (κ3) is 2.63. The van der Waals surface area contributed by atoms with Crippen LogP contribution in [0.15, 0.2) is 0 Å². The van der Waals surface area contributed by atoms with Crippen molar-refractivity contribution in [2.45, 2.75) is 39.2 Å². The second kappa shape index (κ2) is 5.82. The molecule has 126 valence electrons. The molecule has 1 heterocycles. The van der Waals surface area contributed by atoms with Crippen LogP contribution in [0.25, 0.3) is 10.9 Å². The van der Waals surface area contributed by atoms with Crippen molar-refractivity contribution >= 4 is 10.9 Å². The third-order valence-electron chi connectivity index (χ3n) is 4.65. The van der Waals surface area contributed by atoms with Crippen molar-refractivity contribution < 1.29 is 17.6 Å². The van der Waals surface area contributed by atoms with Gasteiger partial charge < -0.3 is 9.88 Å². The molecule has 1 aromatic heterocycles. The van der Waals surface area contributed by atoms with Gasteiger partial charge in [0.2, 0.25) is 0 Å². The van der Waals surface area contributed by atoms with Crippen LogP contribution in [0.2, 0.25) is 0 Å². The van der Waals surface area contributed by atoms with Gasteiger partial charge in [-0.3, -0.25) is 0 Å². The molecule has 0 bridgehead atoms. The molecule has 0 aliphatic heterocycles. The summed E-state index contributed by atoms with van der Waals surface area (Å²) in [7, 11) is 2.00. The Morgan fingerprint density at radius 3 is 2.39 bits per heavy atom. The van der Waals surface area contributed by atoms with E-state index in [-0.39, 0.29) is 16.9 Å². The van der Waals surface area contributed by atoms with Gasteiger partial charge in [-0.1, -0.05) is 13.8 Å². The van der Waals surface area contributed by atoms with Gasteiger partial charge in [0.15, 0.2) is 23.3 Å². The van der Waals surface area contributed by atoms with Gasteiger partial charge in [0, 0.05) is 23.7 Å². The summed E-state index contributed by atoms with van der Waals surface area (Å²) in [6, 6.07) is 0.180. The Kier molecular flexibility index (Phi) is 4.12. The summed E-state index contributed by atoms with van der Waals surface area (Å²) in [5, 5.41) is -0.140. The maximum atomic E-state index is 14.2. The number of hydrogen-bond acceptors (Lipinski definition) is 1. The number of nitrogens with zero attached hydrogens (tertiary/aromatic N) is 1. The summed E-state index contributed by atoms with van der Waals surface area (Å²) >= 11 is 0. The highest BCUT2D eigenvalue weighted by molar-refractivity contribution is 5.86. The molecule has 0 fully saturated rings. The SMILES string of the molecule is CC(C)CN(C)C1CCc2[nH]c3c(F)c(F)c(F)c(F)c3c2C1. The number of nitrogens with one attached hydrogen (secondary N) is 1. The van der Waals surface area contributed by atoms with Crippen molar-refractivity contribution in [2.75, 3.05) is 13.6 Å². The molecule has 2 aromatic rings. The Balaban J connectivity index is 2.05. The first kappa shape index (κ1) is 16.3. The van der Waals surface area contributed by atoms with Gasteiger partial charge in [-0.05, 0) is 37.8 Å². The number of rotatable bonds is 3. The minimum atomic E-state index is -1.76. The first-order valence-corrected chi connectivity index (χ1v) is 7.86. The molecular weight excluding hydrogens is 308 g/mol. The van der Waals surface area contributed by atoms with Crippen molar-refractivity contribution in [1.29, 1.82) is 0 Å². The third-order valence-corrected chi connectivity index (χ3v) is 4.65. The Morgan fingerprint density at radius 1 is 1.09 bits per heavy atom. The highest BCUT2D eigenvalue weighted by Gasteiger charge is 2.30.